The van der Waals surface area contributed by atoms with Gasteiger partial charge in [0.25, 0.3) is 0 Å². The van der Waals surface area contributed by atoms with Gasteiger partial charge in [-0.2, -0.15) is 12.7 Å². The molecule has 0 aliphatic carbocycles. The lowest BCUT2D eigenvalue weighted by atomic mass is 10.2. The Kier molecular flexibility index (Phi) is 4.64. The van der Waals surface area contributed by atoms with E-state index in [1.165, 1.54) is 4.31 Å². The molecule has 2 N–H and O–H groups in total. The van der Waals surface area contributed by atoms with Crippen molar-refractivity contribution in [2.75, 3.05) is 17.8 Å². The SMILES string of the molecule is CC1CN(S(=O)(=O)Nc2ccc(CO)cc2)CC(C)O1. The first kappa shape index (κ1) is 15.2. The Labute approximate surface area is 119 Å². The van der Waals surface area contributed by atoms with Gasteiger partial charge in [0.05, 0.1) is 18.8 Å². The first-order chi connectivity index (χ1) is 9.40. The van der Waals surface area contributed by atoms with E-state index in [0.29, 0.717) is 18.8 Å². The smallest absolute Gasteiger partial charge is 0.301 e. The van der Waals surface area contributed by atoms with Crippen LogP contribution in [-0.2, 0) is 21.6 Å². The zero-order valence-corrected chi connectivity index (χ0v) is 12.4. The number of nitrogens with zero attached hydrogens (tertiary/aromatic N) is 1. The molecule has 2 atom stereocenters. The van der Waals surface area contributed by atoms with E-state index < -0.39 is 10.2 Å². The summed E-state index contributed by atoms with van der Waals surface area (Å²) in [7, 11) is -3.58. The van der Waals surface area contributed by atoms with Gasteiger partial charge >= 0.3 is 10.2 Å². The van der Waals surface area contributed by atoms with Crippen molar-refractivity contribution in [1.82, 2.24) is 4.31 Å². The third-order valence-corrected chi connectivity index (χ3v) is 4.58. The van der Waals surface area contributed by atoms with Crippen LogP contribution in [0, 0.1) is 0 Å². The summed E-state index contributed by atoms with van der Waals surface area (Å²) in [5.74, 6) is 0. The minimum atomic E-state index is -3.58. The minimum Gasteiger partial charge on any atom is -0.392 e. The topological polar surface area (TPSA) is 78.9 Å². The summed E-state index contributed by atoms with van der Waals surface area (Å²) in [5, 5.41) is 8.96. The van der Waals surface area contributed by atoms with Gasteiger partial charge < -0.3 is 9.84 Å². The monoisotopic (exact) mass is 300 g/mol. The molecule has 112 valence electrons. The lowest BCUT2D eigenvalue weighted by Gasteiger charge is -2.34. The molecule has 1 heterocycles. The van der Waals surface area contributed by atoms with Gasteiger partial charge in [-0.3, -0.25) is 4.72 Å². The molecule has 1 saturated heterocycles. The fraction of sp³-hybridized carbons (Fsp3) is 0.538. The summed E-state index contributed by atoms with van der Waals surface area (Å²) in [6.07, 6.45) is -0.237. The van der Waals surface area contributed by atoms with Crippen molar-refractivity contribution in [3.63, 3.8) is 0 Å². The first-order valence-electron chi connectivity index (χ1n) is 6.54. The molecule has 1 aliphatic rings. The Balaban J connectivity index is 2.09. The standard InChI is InChI=1S/C13H20N2O4S/c1-10-7-15(8-11(2)19-10)20(17,18)14-13-5-3-12(9-16)4-6-13/h3-6,10-11,14,16H,7-9H2,1-2H3. The van der Waals surface area contributed by atoms with Gasteiger partial charge in [-0.25, -0.2) is 0 Å². The minimum absolute atomic E-state index is 0.0640. The van der Waals surface area contributed by atoms with Crippen molar-refractivity contribution >= 4 is 15.9 Å². The average molecular weight is 300 g/mol. The van der Waals surface area contributed by atoms with Gasteiger partial charge in [-0.15, -0.1) is 0 Å². The number of aliphatic hydroxyl groups is 1. The van der Waals surface area contributed by atoms with E-state index in [2.05, 4.69) is 4.72 Å². The Morgan fingerprint density at radius 1 is 1.25 bits per heavy atom. The van der Waals surface area contributed by atoms with E-state index in [0.717, 1.165) is 5.56 Å². The van der Waals surface area contributed by atoms with Crippen LogP contribution in [0.15, 0.2) is 24.3 Å². The second kappa shape index (κ2) is 6.09. The molecule has 1 aromatic carbocycles. The van der Waals surface area contributed by atoms with Crippen molar-refractivity contribution in [3.05, 3.63) is 29.8 Å². The summed E-state index contributed by atoms with van der Waals surface area (Å²) in [6, 6.07) is 6.64. The van der Waals surface area contributed by atoms with Crippen molar-refractivity contribution in [2.24, 2.45) is 0 Å². The molecule has 0 aromatic heterocycles. The van der Waals surface area contributed by atoms with Crippen LogP contribution in [0.5, 0.6) is 0 Å². The van der Waals surface area contributed by atoms with Crippen LogP contribution < -0.4 is 4.72 Å². The number of ether oxygens (including phenoxy) is 1. The molecule has 1 aromatic rings. The largest absolute Gasteiger partial charge is 0.392 e. The predicted octanol–water partition coefficient (Wildman–Crippen LogP) is 0.945. The molecule has 0 bridgehead atoms. The second-order valence-electron chi connectivity index (χ2n) is 5.04. The van der Waals surface area contributed by atoms with Gasteiger partial charge in [0, 0.05) is 18.8 Å². The van der Waals surface area contributed by atoms with Crippen molar-refractivity contribution < 1.29 is 18.3 Å². The Hall–Kier alpha value is -1.15. The number of morpholine rings is 1. The zero-order valence-electron chi connectivity index (χ0n) is 11.6. The fourth-order valence-electron chi connectivity index (χ4n) is 2.22. The van der Waals surface area contributed by atoms with E-state index >= 15 is 0 Å². The fourth-order valence-corrected chi connectivity index (χ4v) is 3.59. The van der Waals surface area contributed by atoms with Crippen LogP contribution in [0.3, 0.4) is 0 Å². The van der Waals surface area contributed by atoms with Gasteiger partial charge in [0.1, 0.15) is 0 Å². The van der Waals surface area contributed by atoms with Gasteiger partial charge in [-0.1, -0.05) is 12.1 Å². The number of nitrogens with one attached hydrogen (secondary N) is 1. The maximum atomic E-state index is 12.3. The molecule has 1 aliphatic heterocycles. The summed E-state index contributed by atoms with van der Waals surface area (Å²) in [5.41, 5.74) is 1.22. The second-order valence-corrected chi connectivity index (χ2v) is 6.71. The van der Waals surface area contributed by atoms with Crippen molar-refractivity contribution in [1.29, 1.82) is 0 Å². The number of rotatable bonds is 4. The van der Waals surface area contributed by atoms with E-state index in [4.69, 9.17) is 9.84 Å². The molecule has 7 heteroatoms. The highest BCUT2D eigenvalue weighted by molar-refractivity contribution is 7.90. The number of benzene rings is 1. The Morgan fingerprint density at radius 2 is 1.80 bits per heavy atom. The van der Waals surface area contributed by atoms with Gasteiger partial charge in [0.15, 0.2) is 0 Å². The van der Waals surface area contributed by atoms with E-state index in [9.17, 15) is 8.42 Å². The Morgan fingerprint density at radius 3 is 2.30 bits per heavy atom. The molecule has 0 radical (unpaired) electrons. The van der Waals surface area contributed by atoms with Crippen LogP contribution in [0.1, 0.15) is 19.4 Å². The van der Waals surface area contributed by atoms with E-state index in [-0.39, 0.29) is 18.8 Å². The molecule has 1 fully saturated rings. The molecule has 0 saturated carbocycles. The quantitative estimate of drug-likeness (QED) is 0.867. The highest BCUT2D eigenvalue weighted by atomic mass is 32.2. The first-order valence-corrected chi connectivity index (χ1v) is 7.98. The van der Waals surface area contributed by atoms with Crippen molar-refractivity contribution in [2.45, 2.75) is 32.7 Å². The summed E-state index contributed by atoms with van der Waals surface area (Å²) < 4.78 is 34.1. The molecule has 2 unspecified atom stereocenters. The molecule has 0 spiro atoms. The molecular formula is C13H20N2O4S. The summed E-state index contributed by atoms with van der Waals surface area (Å²) in [6.45, 7) is 4.33. The van der Waals surface area contributed by atoms with Crippen LogP contribution in [-0.4, -0.2) is 43.1 Å². The zero-order chi connectivity index (χ0) is 14.8. The molecule has 2 rings (SSSR count). The third kappa shape index (κ3) is 3.69. The summed E-state index contributed by atoms with van der Waals surface area (Å²) >= 11 is 0. The number of aliphatic hydroxyl groups excluding tert-OH is 1. The highest BCUT2D eigenvalue weighted by Crippen LogP contribution is 2.17. The number of hydrogen-bond acceptors (Lipinski definition) is 4. The normalized spacial score (nSPS) is 24.6. The number of hydrogen-bond donors (Lipinski definition) is 2. The predicted molar refractivity (Wildman–Crippen MR) is 76.5 cm³/mol. The van der Waals surface area contributed by atoms with Crippen LogP contribution >= 0.6 is 0 Å². The van der Waals surface area contributed by atoms with Crippen LogP contribution in [0.25, 0.3) is 0 Å². The maximum Gasteiger partial charge on any atom is 0.301 e. The van der Waals surface area contributed by atoms with E-state index in [1.54, 1.807) is 24.3 Å². The van der Waals surface area contributed by atoms with Crippen molar-refractivity contribution in [3.8, 4) is 0 Å². The summed E-state index contributed by atoms with van der Waals surface area (Å²) in [4.78, 5) is 0. The maximum absolute atomic E-state index is 12.3. The molecule has 6 nitrogen and oxygen atoms in total. The molecule has 0 amide bonds. The number of anilines is 1. The van der Waals surface area contributed by atoms with Gasteiger partial charge in [-0.05, 0) is 31.5 Å². The highest BCUT2D eigenvalue weighted by Gasteiger charge is 2.30. The molecule has 20 heavy (non-hydrogen) atoms. The van der Waals surface area contributed by atoms with Crippen LogP contribution in [0.4, 0.5) is 5.69 Å². The van der Waals surface area contributed by atoms with E-state index in [1.807, 2.05) is 13.8 Å². The lowest BCUT2D eigenvalue weighted by molar-refractivity contribution is -0.0439. The average Bonchev–Trinajstić information content (AvgIpc) is 2.38. The van der Waals surface area contributed by atoms with Crippen LogP contribution in [0.2, 0.25) is 0 Å². The lowest BCUT2D eigenvalue weighted by Crippen LogP contribution is -2.49. The van der Waals surface area contributed by atoms with Gasteiger partial charge in [0.2, 0.25) is 0 Å². The Bertz CT molecular complexity index is 534. The third-order valence-electron chi connectivity index (χ3n) is 3.11. The molecular weight excluding hydrogens is 280 g/mol.